The Morgan fingerprint density at radius 3 is 1.97 bits per heavy atom. The van der Waals surface area contributed by atoms with Crippen molar-refractivity contribution in [3.8, 4) is 0 Å². The number of hydrogen-bond donors (Lipinski definition) is 0. The highest BCUT2D eigenvalue weighted by Crippen LogP contribution is 2.36. The predicted molar refractivity (Wildman–Crippen MR) is 123 cm³/mol. The highest BCUT2D eigenvalue weighted by Gasteiger charge is 2.32. The Bertz CT molecular complexity index is 1040. The second-order valence-corrected chi connectivity index (χ2v) is 8.40. The molecule has 0 aliphatic heterocycles. The molecule has 32 heavy (non-hydrogen) atoms. The molecule has 0 N–H and O–H groups in total. The normalized spacial score (nSPS) is 11.7. The van der Waals surface area contributed by atoms with Crippen molar-refractivity contribution in [1.29, 1.82) is 0 Å². The Morgan fingerprint density at radius 2 is 1.41 bits per heavy atom. The van der Waals surface area contributed by atoms with E-state index >= 15 is 0 Å². The lowest BCUT2D eigenvalue weighted by Crippen LogP contribution is -2.45. The van der Waals surface area contributed by atoms with E-state index in [0.29, 0.717) is 11.4 Å². The van der Waals surface area contributed by atoms with Gasteiger partial charge in [0, 0.05) is 18.5 Å². The number of benzene rings is 3. The molecule has 0 aliphatic carbocycles. The first kappa shape index (κ1) is 23.9. The summed E-state index contributed by atoms with van der Waals surface area (Å²) in [5, 5.41) is 0. The molecule has 0 heterocycles. The van der Waals surface area contributed by atoms with Crippen LogP contribution in [0.1, 0.15) is 27.7 Å². The van der Waals surface area contributed by atoms with Gasteiger partial charge in [0.25, 0.3) is 0 Å². The Hall–Kier alpha value is -2.77. The smallest absolute Gasteiger partial charge is 0.410 e. The average Bonchev–Trinajstić information content (AvgIpc) is 2.79. The van der Waals surface area contributed by atoms with E-state index in [0.717, 1.165) is 11.5 Å². The molecule has 0 aliphatic rings. The van der Waals surface area contributed by atoms with Crippen molar-refractivity contribution in [3.63, 3.8) is 0 Å². The number of nitrogens with zero attached hydrogens (tertiary/aromatic N) is 1. The van der Waals surface area contributed by atoms with E-state index in [1.54, 1.807) is 43.5 Å². The lowest BCUT2D eigenvalue weighted by Gasteiger charge is -2.32. The van der Waals surface area contributed by atoms with E-state index in [9.17, 15) is 13.2 Å². The van der Waals surface area contributed by atoms with Gasteiger partial charge in [-0.1, -0.05) is 44.2 Å². The van der Waals surface area contributed by atoms with Gasteiger partial charge in [0.2, 0.25) is 0 Å². The van der Waals surface area contributed by atoms with Gasteiger partial charge in [-0.25, -0.2) is 13.2 Å². The number of anilines is 3. The highest BCUT2D eigenvalue weighted by atomic mass is 19.2. The minimum absolute atomic E-state index is 0.0941. The first-order valence-electron chi connectivity index (χ1n) is 10.4. The second kappa shape index (κ2) is 9.80. The molecule has 3 aromatic carbocycles. The fraction of sp³-hybridized carbons (Fsp3) is 0.280. The van der Waals surface area contributed by atoms with E-state index in [-0.39, 0.29) is 11.6 Å². The molecule has 3 nitrogen and oxygen atoms in total. The number of halogens is 3. The summed E-state index contributed by atoms with van der Waals surface area (Å²) in [6, 6.07) is 18.2. The third kappa shape index (κ3) is 5.00. The number of para-hydroxylation sites is 1. The van der Waals surface area contributed by atoms with Crippen molar-refractivity contribution in [2.24, 2.45) is 5.92 Å². The lowest BCUT2D eigenvalue weighted by molar-refractivity contribution is 0.0372. The van der Waals surface area contributed by atoms with Crippen molar-refractivity contribution in [2.75, 3.05) is 12.0 Å². The van der Waals surface area contributed by atoms with Gasteiger partial charge in [0.15, 0.2) is 17.5 Å². The van der Waals surface area contributed by atoms with E-state index in [4.69, 9.17) is 9.31 Å². The first-order chi connectivity index (χ1) is 15.2. The van der Waals surface area contributed by atoms with Crippen LogP contribution in [0.25, 0.3) is 0 Å². The predicted octanol–water partition coefficient (Wildman–Crippen LogP) is 6.37. The molecule has 0 radical (unpaired) electrons. The number of hydrogen-bond acceptors (Lipinski definition) is 3. The van der Waals surface area contributed by atoms with Crippen LogP contribution in [0.2, 0.25) is 0 Å². The van der Waals surface area contributed by atoms with Gasteiger partial charge < -0.3 is 14.2 Å². The third-order valence-corrected chi connectivity index (χ3v) is 5.71. The molecule has 0 unspecified atom stereocenters. The monoisotopic (exact) mass is 441 g/mol. The van der Waals surface area contributed by atoms with Crippen LogP contribution in [-0.4, -0.2) is 19.8 Å². The van der Waals surface area contributed by atoms with Crippen LogP contribution in [0.5, 0.6) is 0 Å². The fourth-order valence-electron chi connectivity index (χ4n) is 3.14. The second-order valence-electron chi connectivity index (χ2n) is 8.40. The van der Waals surface area contributed by atoms with Crippen molar-refractivity contribution in [2.45, 2.75) is 33.3 Å². The minimum Gasteiger partial charge on any atom is -0.410 e. The molecule has 0 bridgehead atoms. The summed E-state index contributed by atoms with van der Waals surface area (Å²) in [5.41, 5.74) is 1.45. The highest BCUT2D eigenvalue weighted by molar-refractivity contribution is 6.61. The van der Waals surface area contributed by atoms with Gasteiger partial charge in [0.05, 0.1) is 11.3 Å². The van der Waals surface area contributed by atoms with Crippen LogP contribution < -0.4 is 10.4 Å². The van der Waals surface area contributed by atoms with Crippen LogP contribution in [0.15, 0.2) is 66.7 Å². The molecule has 0 fully saturated rings. The molecule has 0 atom stereocenters. The Morgan fingerprint density at radius 1 is 0.812 bits per heavy atom. The van der Waals surface area contributed by atoms with Crippen molar-refractivity contribution < 1.29 is 22.5 Å². The first-order valence-corrected chi connectivity index (χ1v) is 10.4. The van der Waals surface area contributed by atoms with Crippen molar-refractivity contribution in [1.82, 2.24) is 0 Å². The van der Waals surface area contributed by atoms with E-state index in [1.807, 2.05) is 32.0 Å². The van der Waals surface area contributed by atoms with Gasteiger partial charge in [-0.2, -0.15) is 0 Å². The maximum atomic E-state index is 14.7. The van der Waals surface area contributed by atoms with Crippen molar-refractivity contribution in [3.05, 3.63) is 84.2 Å². The zero-order valence-electron chi connectivity index (χ0n) is 18.9. The summed E-state index contributed by atoms with van der Waals surface area (Å²) in [6.45, 7) is 8.15. The summed E-state index contributed by atoms with van der Waals surface area (Å²) in [7, 11) is 0.980. The molecule has 7 heteroatoms. The standard InChI is InChI=1S/C25H27BF3NO2/c1-17(2)25(3,4)32-26(31-5)18-11-13-20(14-12-18)30(19-9-7-6-8-10-19)22-16-15-21(27)23(28)24(22)29/h6-17H,1-5H3. The zero-order valence-corrected chi connectivity index (χ0v) is 18.9. The Balaban J connectivity index is 2.01. The molecular formula is C25H27BF3NO2. The van der Waals surface area contributed by atoms with Crippen LogP contribution in [0, 0.1) is 23.4 Å². The third-order valence-electron chi connectivity index (χ3n) is 5.71. The van der Waals surface area contributed by atoms with Crippen LogP contribution in [-0.2, 0) is 9.31 Å². The summed E-state index contributed by atoms with van der Waals surface area (Å²) >= 11 is 0. The van der Waals surface area contributed by atoms with Gasteiger partial charge in [-0.3, -0.25) is 0 Å². The van der Waals surface area contributed by atoms with Crippen molar-refractivity contribution >= 4 is 29.6 Å². The SMILES string of the molecule is COB(OC(C)(C)C(C)C)c1ccc(N(c2ccccc2)c2ccc(F)c(F)c2F)cc1. The maximum absolute atomic E-state index is 14.7. The summed E-state index contributed by atoms with van der Waals surface area (Å²) in [5.74, 6) is -3.73. The Kier molecular flexibility index (Phi) is 7.31. The summed E-state index contributed by atoms with van der Waals surface area (Å²) in [6.07, 6.45) is 0. The van der Waals surface area contributed by atoms with Crippen LogP contribution in [0.4, 0.5) is 30.2 Å². The zero-order chi connectivity index (χ0) is 23.5. The van der Waals surface area contributed by atoms with E-state index < -0.39 is 30.2 Å². The molecule has 3 aromatic rings. The van der Waals surface area contributed by atoms with Gasteiger partial charge >= 0.3 is 7.12 Å². The number of rotatable bonds is 8. The summed E-state index contributed by atoms with van der Waals surface area (Å²) in [4.78, 5) is 1.53. The van der Waals surface area contributed by atoms with Gasteiger partial charge in [-0.05, 0) is 61.6 Å². The molecule has 0 amide bonds. The topological polar surface area (TPSA) is 21.7 Å². The molecule has 0 aromatic heterocycles. The van der Waals surface area contributed by atoms with E-state index in [1.165, 1.54) is 11.0 Å². The quantitative estimate of drug-likeness (QED) is 0.300. The minimum atomic E-state index is -1.51. The van der Waals surface area contributed by atoms with Gasteiger partial charge in [0.1, 0.15) is 0 Å². The van der Waals surface area contributed by atoms with Crippen LogP contribution in [0.3, 0.4) is 0 Å². The van der Waals surface area contributed by atoms with E-state index in [2.05, 4.69) is 13.8 Å². The molecule has 168 valence electrons. The average molecular weight is 441 g/mol. The molecular weight excluding hydrogens is 414 g/mol. The van der Waals surface area contributed by atoms with Gasteiger partial charge in [-0.15, -0.1) is 0 Å². The molecule has 3 rings (SSSR count). The summed E-state index contributed by atoms with van der Waals surface area (Å²) < 4.78 is 54.0. The lowest BCUT2D eigenvalue weighted by atomic mass is 9.76. The maximum Gasteiger partial charge on any atom is 0.494 e. The van der Waals surface area contributed by atoms with Crippen LogP contribution >= 0.6 is 0 Å². The largest absolute Gasteiger partial charge is 0.494 e. The molecule has 0 saturated carbocycles. The molecule has 0 spiro atoms. The Labute approximate surface area is 187 Å². The molecule has 0 saturated heterocycles. The fourth-order valence-corrected chi connectivity index (χ4v) is 3.14.